The second kappa shape index (κ2) is 5.90. The third-order valence-corrected chi connectivity index (χ3v) is 4.48. The zero-order valence-corrected chi connectivity index (χ0v) is 12.7. The first-order chi connectivity index (χ1) is 8.98. The highest BCUT2D eigenvalue weighted by atomic mass is 32.1. The molecule has 19 heavy (non-hydrogen) atoms. The van der Waals surface area contributed by atoms with E-state index in [-0.39, 0.29) is 5.97 Å². The summed E-state index contributed by atoms with van der Waals surface area (Å²) in [7, 11) is 1.41. The van der Waals surface area contributed by atoms with E-state index in [4.69, 9.17) is 0 Å². The van der Waals surface area contributed by atoms with Crippen molar-refractivity contribution in [3.8, 4) is 0 Å². The molecule has 2 rings (SSSR count). The topological polar surface area (TPSA) is 51.2 Å². The lowest BCUT2D eigenvalue weighted by Crippen LogP contribution is -2.17. The average molecular weight is 282 g/mol. The number of esters is 1. The number of anilines is 1. The van der Waals surface area contributed by atoms with Gasteiger partial charge in [0.15, 0.2) is 5.13 Å². The molecule has 1 aliphatic carbocycles. The normalized spacial score (nSPS) is 21.3. The van der Waals surface area contributed by atoms with Crippen LogP contribution in [0.3, 0.4) is 0 Å². The Bertz CT molecular complexity index is 442. The van der Waals surface area contributed by atoms with Gasteiger partial charge in [-0.3, -0.25) is 4.79 Å². The summed E-state index contributed by atoms with van der Waals surface area (Å²) in [5.74, 6) is -0.181. The number of rotatable bonds is 5. The van der Waals surface area contributed by atoms with Crippen LogP contribution in [0.25, 0.3) is 0 Å². The van der Waals surface area contributed by atoms with Crippen molar-refractivity contribution in [3.05, 3.63) is 11.1 Å². The zero-order chi connectivity index (χ0) is 13.9. The van der Waals surface area contributed by atoms with Gasteiger partial charge in [0.1, 0.15) is 0 Å². The summed E-state index contributed by atoms with van der Waals surface area (Å²) in [6, 6.07) is 0.537. The van der Waals surface area contributed by atoms with E-state index >= 15 is 0 Å². The molecule has 1 aromatic heterocycles. The Kier molecular flexibility index (Phi) is 4.45. The Balaban J connectivity index is 1.82. The predicted molar refractivity (Wildman–Crippen MR) is 77.5 cm³/mol. The fourth-order valence-corrected chi connectivity index (χ4v) is 3.38. The van der Waals surface area contributed by atoms with Crippen LogP contribution >= 0.6 is 11.3 Å². The Hall–Kier alpha value is -1.10. The van der Waals surface area contributed by atoms with Gasteiger partial charge in [0.25, 0.3) is 0 Å². The molecule has 1 fully saturated rings. The summed E-state index contributed by atoms with van der Waals surface area (Å²) in [6.45, 7) is 4.64. The number of ether oxygens (including phenoxy) is 1. The van der Waals surface area contributed by atoms with Crippen molar-refractivity contribution in [2.45, 2.75) is 52.0 Å². The number of aryl methyl sites for hydroxylation is 1. The summed E-state index contributed by atoms with van der Waals surface area (Å²) in [6.07, 6.45) is 4.73. The van der Waals surface area contributed by atoms with Gasteiger partial charge in [-0.1, -0.05) is 13.8 Å². The van der Waals surface area contributed by atoms with Crippen molar-refractivity contribution in [2.75, 3.05) is 12.4 Å². The molecular formula is C14H22N2O2S. The molecule has 1 aliphatic rings. The number of nitrogens with one attached hydrogen (secondary N) is 1. The Morgan fingerprint density at radius 2 is 2.42 bits per heavy atom. The molecule has 1 heterocycles. The molecule has 0 aliphatic heterocycles. The van der Waals surface area contributed by atoms with Crippen molar-refractivity contribution in [2.24, 2.45) is 5.41 Å². The lowest BCUT2D eigenvalue weighted by molar-refractivity contribution is -0.140. The number of carbonyl (C=O) groups excluding carboxylic acids is 1. The monoisotopic (exact) mass is 282 g/mol. The predicted octanol–water partition coefficient (Wildman–Crippen LogP) is 3.24. The average Bonchev–Trinajstić information content (AvgIpc) is 2.93. The number of hydrogen-bond donors (Lipinski definition) is 1. The smallest absolute Gasteiger partial charge is 0.305 e. The Morgan fingerprint density at radius 3 is 3.05 bits per heavy atom. The van der Waals surface area contributed by atoms with Crippen molar-refractivity contribution in [1.29, 1.82) is 0 Å². The number of aromatic nitrogens is 1. The molecule has 0 amide bonds. The van der Waals surface area contributed by atoms with Gasteiger partial charge in [0, 0.05) is 17.8 Å². The molecule has 4 nitrogen and oxygen atoms in total. The quantitative estimate of drug-likeness (QED) is 0.842. The number of thiazole rings is 1. The standard InChI is InChI=1S/C14H22N2O2S/c1-14(2)7-6-10(8-14)15-13-16-11(9-19-13)4-5-12(17)18-3/h9-10H,4-8H2,1-3H3,(H,15,16). The van der Waals surface area contributed by atoms with E-state index in [1.165, 1.54) is 26.4 Å². The lowest BCUT2D eigenvalue weighted by Gasteiger charge is -2.17. The van der Waals surface area contributed by atoms with Crippen LogP contribution in [0.2, 0.25) is 0 Å². The molecule has 0 saturated heterocycles. The molecule has 5 heteroatoms. The SMILES string of the molecule is COC(=O)CCc1csc(NC2CCC(C)(C)C2)n1. The number of hydrogen-bond acceptors (Lipinski definition) is 5. The largest absolute Gasteiger partial charge is 0.469 e. The molecule has 1 N–H and O–H groups in total. The van der Waals surface area contributed by atoms with E-state index in [1.54, 1.807) is 11.3 Å². The van der Waals surface area contributed by atoms with Gasteiger partial charge in [0.05, 0.1) is 19.2 Å². The Morgan fingerprint density at radius 1 is 1.63 bits per heavy atom. The molecule has 1 aromatic rings. The van der Waals surface area contributed by atoms with Gasteiger partial charge in [-0.2, -0.15) is 0 Å². The van der Waals surface area contributed by atoms with Gasteiger partial charge < -0.3 is 10.1 Å². The molecule has 106 valence electrons. The van der Waals surface area contributed by atoms with Crippen molar-refractivity contribution < 1.29 is 9.53 Å². The molecule has 1 unspecified atom stereocenters. The minimum atomic E-state index is -0.181. The fraction of sp³-hybridized carbons (Fsp3) is 0.714. The first-order valence-corrected chi connectivity index (χ1v) is 7.64. The van der Waals surface area contributed by atoms with E-state index in [9.17, 15) is 4.79 Å². The van der Waals surface area contributed by atoms with Crippen LogP contribution in [0, 0.1) is 5.41 Å². The molecule has 0 aromatic carbocycles. The van der Waals surface area contributed by atoms with Gasteiger partial charge in [-0.05, 0) is 24.7 Å². The van der Waals surface area contributed by atoms with Crippen molar-refractivity contribution in [1.82, 2.24) is 4.98 Å². The van der Waals surface area contributed by atoms with E-state index in [0.29, 0.717) is 24.3 Å². The van der Waals surface area contributed by atoms with E-state index in [0.717, 1.165) is 10.8 Å². The third-order valence-electron chi connectivity index (χ3n) is 3.66. The van der Waals surface area contributed by atoms with Crippen LogP contribution < -0.4 is 5.32 Å². The summed E-state index contributed by atoms with van der Waals surface area (Å²) >= 11 is 1.62. The second-order valence-electron chi connectivity index (χ2n) is 5.97. The van der Waals surface area contributed by atoms with Gasteiger partial charge >= 0.3 is 5.97 Å². The Labute approximate surface area is 118 Å². The van der Waals surface area contributed by atoms with Crippen LogP contribution in [-0.2, 0) is 16.0 Å². The first-order valence-electron chi connectivity index (χ1n) is 6.76. The van der Waals surface area contributed by atoms with Gasteiger partial charge in [-0.25, -0.2) is 4.98 Å². The van der Waals surface area contributed by atoms with E-state index in [2.05, 4.69) is 28.9 Å². The van der Waals surface area contributed by atoms with E-state index < -0.39 is 0 Å². The molecule has 1 saturated carbocycles. The van der Waals surface area contributed by atoms with Crippen LogP contribution in [0.15, 0.2) is 5.38 Å². The van der Waals surface area contributed by atoms with Crippen LogP contribution in [0.5, 0.6) is 0 Å². The minimum absolute atomic E-state index is 0.181. The molecule has 0 spiro atoms. The maximum absolute atomic E-state index is 11.1. The minimum Gasteiger partial charge on any atom is -0.469 e. The highest BCUT2D eigenvalue weighted by Crippen LogP contribution is 2.38. The first kappa shape index (κ1) is 14.3. The maximum Gasteiger partial charge on any atom is 0.305 e. The van der Waals surface area contributed by atoms with Gasteiger partial charge in [-0.15, -0.1) is 11.3 Å². The number of carbonyl (C=O) groups is 1. The van der Waals surface area contributed by atoms with Crippen LogP contribution in [0.4, 0.5) is 5.13 Å². The number of methoxy groups -OCH3 is 1. The van der Waals surface area contributed by atoms with Crippen LogP contribution in [-0.4, -0.2) is 24.1 Å². The zero-order valence-electron chi connectivity index (χ0n) is 11.9. The molecule has 0 radical (unpaired) electrons. The third kappa shape index (κ3) is 4.20. The molecule has 0 bridgehead atoms. The van der Waals surface area contributed by atoms with Crippen LogP contribution in [0.1, 0.15) is 45.2 Å². The van der Waals surface area contributed by atoms with Crippen molar-refractivity contribution >= 4 is 22.4 Å². The highest BCUT2D eigenvalue weighted by molar-refractivity contribution is 7.13. The highest BCUT2D eigenvalue weighted by Gasteiger charge is 2.31. The molecular weight excluding hydrogens is 260 g/mol. The van der Waals surface area contributed by atoms with Crippen molar-refractivity contribution in [3.63, 3.8) is 0 Å². The summed E-state index contributed by atoms with van der Waals surface area (Å²) in [5, 5.41) is 6.50. The number of nitrogens with zero attached hydrogens (tertiary/aromatic N) is 1. The maximum atomic E-state index is 11.1. The summed E-state index contributed by atoms with van der Waals surface area (Å²) < 4.78 is 4.63. The summed E-state index contributed by atoms with van der Waals surface area (Å²) in [4.78, 5) is 15.6. The van der Waals surface area contributed by atoms with Gasteiger partial charge in [0.2, 0.25) is 0 Å². The lowest BCUT2D eigenvalue weighted by atomic mass is 9.92. The fourth-order valence-electron chi connectivity index (χ4n) is 2.55. The molecule has 1 atom stereocenters. The summed E-state index contributed by atoms with van der Waals surface area (Å²) in [5.41, 5.74) is 1.41. The van der Waals surface area contributed by atoms with E-state index in [1.807, 2.05) is 5.38 Å². The second-order valence-corrected chi connectivity index (χ2v) is 6.83.